The maximum atomic E-state index is 13.5. The molecule has 0 heterocycles. The SMILES string of the molecule is CCC1=Cc2c(ccc(-c3ccccc3)c2-c2cc(C(F)(F)F)cc(C(F)(F)F)c2)C1. The molecular formula is C25H18F6. The van der Waals surface area contributed by atoms with Gasteiger partial charge in [-0.25, -0.2) is 0 Å². The number of hydrogen-bond acceptors (Lipinski definition) is 0. The lowest BCUT2D eigenvalue weighted by Crippen LogP contribution is -2.11. The Kier molecular flexibility index (Phi) is 5.20. The van der Waals surface area contributed by atoms with Crippen molar-refractivity contribution in [3.63, 3.8) is 0 Å². The molecule has 0 unspecified atom stereocenters. The van der Waals surface area contributed by atoms with Crippen LogP contribution in [0.15, 0.2) is 66.2 Å². The summed E-state index contributed by atoms with van der Waals surface area (Å²) in [5, 5.41) is 0. The van der Waals surface area contributed by atoms with Crippen LogP contribution in [0.5, 0.6) is 0 Å². The van der Waals surface area contributed by atoms with Gasteiger partial charge >= 0.3 is 12.4 Å². The van der Waals surface area contributed by atoms with Gasteiger partial charge in [-0.05, 0) is 64.4 Å². The number of alkyl halides is 6. The molecule has 0 nitrogen and oxygen atoms in total. The highest BCUT2D eigenvalue weighted by Gasteiger charge is 2.37. The Bertz CT molecular complexity index is 1120. The fourth-order valence-corrected chi connectivity index (χ4v) is 3.98. The van der Waals surface area contributed by atoms with Crippen LogP contribution in [0.25, 0.3) is 28.3 Å². The Morgan fingerprint density at radius 2 is 1.35 bits per heavy atom. The molecule has 0 amide bonds. The Labute approximate surface area is 175 Å². The average Bonchev–Trinajstić information content (AvgIpc) is 3.15. The molecule has 1 aliphatic carbocycles. The van der Waals surface area contributed by atoms with Crippen molar-refractivity contribution >= 4 is 6.08 Å². The molecule has 0 spiro atoms. The third-order valence-electron chi connectivity index (χ3n) is 5.52. The van der Waals surface area contributed by atoms with E-state index < -0.39 is 23.5 Å². The molecule has 160 valence electrons. The minimum Gasteiger partial charge on any atom is -0.166 e. The van der Waals surface area contributed by atoms with E-state index in [0.717, 1.165) is 35.3 Å². The molecule has 0 saturated heterocycles. The predicted octanol–water partition coefficient (Wildman–Crippen LogP) is 8.41. The third-order valence-corrected chi connectivity index (χ3v) is 5.52. The van der Waals surface area contributed by atoms with Gasteiger partial charge < -0.3 is 0 Å². The molecule has 6 heteroatoms. The van der Waals surface area contributed by atoms with E-state index in [-0.39, 0.29) is 11.6 Å². The lowest BCUT2D eigenvalue weighted by Gasteiger charge is -2.19. The van der Waals surface area contributed by atoms with Gasteiger partial charge in [0.25, 0.3) is 0 Å². The van der Waals surface area contributed by atoms with Crippen molar-refractivity contribution in [3.05, 3.63) is 88.5 Å². The van der Waals surface area contributed by atoms with Crippen LogP contribution in [-0.4, -0.2) is 0 Å². The molecule has 0 bridgehead atoms. The van der Waals surface area contributed by atoms with E-state index in [1.807, 2.05) is 19.1 Å². The van der Waals surface area contributed by atoms with Crippen molar-refractivity contribution in [1.82, 2.24) is 0 Å². The average molecular weight is 432 g/mol. The number of rotatable bonds is 3. The minimum atomic E-state index is -4.90. The first-order valence-corrected chi connectivity index (χ1v) is 9.78. The first-order chi connectivity index (χ1) is 14.6. The van der Waals surface area contributed by atoms with Crippen molar-refractivity contribution in [3.8, 4) is 22.3 Å². The van der Waals surface area contributed by atoms with E-state index in [1.165, 1.54) is 0 Å². The first-order valence-electron chi connectivity index (χ1n) is 9.78. The van der Waals surface area contributed by atoms with Crippen LogP contribution in [0.4, 0.5) is 26.3 Å². The van der Waals surface area contributed by atoms with E-state index >= 15 is 0 Å². The summed E-state index contributed by atoms with van der Waals surface area (Å²) in [4.78, 5) is 0. The van der Waals surface area contributed by atoms with E-state index in [0.29, 0.717) is 23.1 Å². The van der Waals surface area contributed by atoms with Gasteiger partial charge in [0.15, 0.2) is 0 Å². The molecule has 0 aliphatic heterocycles. The zero-order valence-electron chi connectivity index (χ0n) is 16.5. The topological polar surface area (TPSA) is 0 Å². The van der Waals surface area contributed by atoms with Crippen LogP contribution in [0.2, 0.25) is 0 Å². The lowest BCUT2D eigenvalue weighted by atomic mass is 9.87. The monoisotopic (exact) mass is 432 g/mol. The summed E-state index contributed by atoms with van der Waals surface area (Å²) in [6.45, 7) is 1.97. The second-order valence-corrected chi connectivity index (χ2v) is 7.55. The second kappa shape index (κ2) is 7.59. The predicted molar refractivity (Wildman–Crippen MR) is 109 cm³/mol. The summed E-state index contributed by atoms with van der Waals surface area (Å²) in [5.41, 5.74) is 1.67. The fraction of sp³-hybridized carbons (Fsp3) is 0.200. The minimum absolute atomic E-state index is 0.0912. The van der Waals surface area contributed by atoms with Gasteiger partial charge in [-0.1, -0.05) is 61.0 Å². The van der Waals surface area contributed by atoms with Gasteiger partial charge in [0, 0.05) is 0 Å². The normalized spacial score (nSPS) is 13.8. The quantitative estimate of drug-likeness (QED) is 0.365. The molecule has 3 aromatic rings. The van der Waals surface area contributed by atoms with Crippen LogP contribution in [0.3, 0.4) is 0 Å². The van der Waals surface area contributed by atoms with Gasteiger partial charge in [-0.15, -0.1) is 0 Å². The van der Waals surface area contributed by atoms with E-state index in [4.69, 9.17) is 0 Å². The van der Waals surface area contributed by atoms with Gasteiger partial charge in [0.05, 0.1) is 11.1 Å². The number of benzene rings is 3. The Balaban J connectivity index is 2.06. The van der Waals surface area contributed by atoms with Crippen molar-refractivity contribution in [2.45, 2.75) is 32.1 Å². The van der Waals surface area contributed by atoms with E-state index in [2.05, 4.69) is 0 Å². The molecule has 0 atom stereocenters. The van der Waals surface area contributed by atoms with Crippen LogP contribution < -0.4 is 0 Å². The van der Waals surface area contributed by atoms with Crippen molar-refractivity contribution < 1.29 is 26.3 Å². The van der Waals surface area contributed by atoms with Gasteiger partial charge in [0.1, 0.15) is 0 Å². The molecular weight excluding hydrogens is 414 g/mol. The Morgan fingerprint density at radius 1 is 0.742 bits per heavy atom. The molecule has 4 rings (SSSR count). The van der Waals surface area contributed by atoms with Gasteiger partial charge in [0.2, 0.25) is 0 Å². The maximum absolute atomic E-state index is 13.5. The zero-order valence-corrected chi connectivity index (χ0v) is 16.5. The molecule has 0 aromatic heterocycles. The number of fused-ring (bicyclic) bond motifs is 1. The lowest BCUT2D eigenvalue weighted by molar-refractivity contribution is -0.143. The zero-order chi connectivity index (χ0) is 22.4. The molecule has 0 radical (unpaired) electrons. The molecule has 0 saturated carbocycles. The highest BCUT2D eigenvalue weighted by Crippen LogP contribution is 2.45. The van der Waals surface area contributed by atoms with Crippen LogP contribution in [-0.2, 0) is 18.8 Å². The summed E-state index contributed by atoms with van der Waals surface area (Å²) in [6.07, 6.45) is -6.51. The molecule has 1 aliphatic rings. The summed E-state index contributed by atoms with van der Waals surface area (Å²) >= 11 is 0. The summed E-state index contributed by atoms with van der Waals surface area (Å²) < 4.78 is 80.9. The van der Waals surface area contributed by atoms with Crippen molar-refractivity contribution in [2.75, 3.05) is 0 Å². The van der Waals surface area contributed by atoms with Crippen LogP contribution in [0, 0.1) is 0 Å². The maximum Gasteiger partial charge on any atom is 0.416 e. The van der Waals surface area contributed by atoms with Gasteiger partial charge in [-0.2, -0.15) is 26.3 Å². The highest BCUT2D eigenvalue weighted by molar-refractivity contribution is 5.92. The molecule has 0 N–H and O–H groups in total. The first kappa shape index (κ1) is 21.2. The number of allylic oxidation sites excluding steroid dienone is 1. The summed E-state index contributed by atoms with van der Waals surface area (Å²) in [6, 6.07) is 14.4. The smallest absolute Gasteiger partial charge is 0.166 e. The van der Waals surface area contributed by atoms with Crippen molar-refractivity contribution in [2.24, 2.45) is 0 Å². The Morgan fingerprint density at radius 3 is 1.90 bits per heavy atom. The molecule has 3 aromatic carbocycles. The second-order valence-electron chi connectivity index (χ2n) is 7.55. The summed E-state index contributed by atoms with van der Waals surface area (Å²) in [7, 11) is 0. The standard InChI is InChI=1S/C25H18F6/c1-2-15-10-17-8-9-21(16-6-4-3-5-7-16)23(22(17)11-15)18-12-19(24(26,27)28)14-20(13-18)25(29,30)31/h3-9,11-14H,2,10H2,1H3. The van der Waals surface area contributed by atoms with Gasteiger partial charge in [-0.3, -0.25) is 0 Å². The largest absolute Gasteiger partial charge is 0.416 e. The van der Waals surface area contributed by atoms with E-state index in [1.54, 1.807) is 36.4 Å². The Hall–Kier alpha value is -3.02. The van der Waals surface area contributed by atoms with Crippen LogP contribution >= 0.6 is 0 Å². The van der Waals surface area contributed by atoms with Crippen LogP contribution in [0.1, 0.15) is 35.6 Å². The number of halogens is 6. The van der Waals surface area contributed by atoms with E-state index in [9.17, 15) is 26.3 Å². The molecule has 0 fully saturated rings. The third kappa shape index (κ3) is 4.11. The van der Waals surface area contributed by atoms with Crippen molar-refractivity contribution in [1.29, 1.82) is 0 Å². The highest BCUT2D eigenvalue weighted by atomic mass is 19.4. The number of hydrogen-bond donors (Lipinski definition) is 0. The fourth-order valence-electron chi connectivity index (χ4n) is 3.98. The molecule has 31 heavy (non-hydrogen) atoms. The summed E-state index contributed by atoms with van der Waals surface area (Å²) in [5.74, 6) is 0.